The van der Waals surface area contributed by atoms with Crippen LogP contribution in [-0.2, 0) is 0 Å². The number of hydrogen-bond acceptors (Lipinski definition) is 3. The van der Waals surface area contributed by atoms with Crippen molar-refractivity contribution in [2.24, 2.45) is 5.73 Å². The highest BCUT2D eigenvalue weighted by Crippen LogP contribution is 2.24. The topological polar surface area (TPSA) is 81.0 Å². The average molecular weight is 212 g/mol. The number of halogens is 1. The summed E-state index contributed by atoms with van der Waals surface area (Å²) in [4.78, 5) is 17.4. The predicted molar refractivity (Wildman–Crippen MR) is 51.3 cm³/mol. The number of hydrogen-bond donors (Lipinski definition) is 2. The third-order valence-corrected chi connectivity index (χ3v) is 1.87. The number of carbonyl (C=O) groups excluding carboxylic acids is 1. The van der Waals surface area contributed by atoms with Gasteiger partial charge in [-0.05, 0) is 12.1 Å². The van der Waals surface area contributed by atoms with E-state index >= 15 is 0 Å². The van der Waals surface area contributed by atoms with Crippen LogP contribution >= 0.6 is 11.6 Å². The van der Waals surface area contributed by atoms with Crippen LogP contribution in [0.5, 0.6) is 5.75 Å². The van der Waals surface area contributed by atoms with E-state index in [2.05, 4.69) is 9.97 Å². The van der Waals surface area contributed by atoms with Crippen molar-refractivity contribution < 1.29 is 9.53 Å². The van der Waals surface area contributed by atoms with E-state index in [1.807, 2.05) is 0 Å². The van der Waals surface area contributed by atoms with Gasteiger partial charge in [0.05, 0.1) is 5.52 Å². The lowest BCUT2D eigenvalue weighted by atomic mass is 10.4. The highest BCUT2D eigenvalue weighted by molar-refractivity contribution is 6.29. The molecule has 2 aromatic rings. The Morgan fingerprint density at radius 2 is 2.36 bits per heavy atom. The fourth-order valence-electron chi connectivity index (χ4n) is 1.14. The summed E-state index contributed by atoms with van der Waals surface area (Å²) >= 11 is 5.69. The number of pyridine rings is 1. The van der Waals surface area contributed by atoms with Crippen LogP contribution < -0.4 is 10.5 Å². The molecule has 0 aliphatic rings. The molecule has 2 aromatic heterocycles. The summed E-state index contributed by atoms with van der Waals surface area (Å²) in [7, 11) is 0. The Morgan fingerprint density at radius 1 is 1.57 bits per heavy atom. The number of H-pyrrole nitrogens is 1. The molecule has 2 rings (SSSR count). The van der Waals surface area contributed by atoms with Crippen LogP contribution in [0.2, 0.25) is 5.15 Å². The molecule has 0 unspecified atom stereocenters. The number of ether oxygens (including phenoxy) is 1. The van der Waals surface area contributed by atoms with Crippen molar-refractivity contribution >= 4 is 28.7 Å². The van der Waals surface area contributed by atoms with Gasteiger partial charge in [-0.1, -0.05) is 11.6 Å². The lowest BCUT2D eigenvalue weighted by molar-refractivity contribution is 0.211. The van der Waals surface area contributed by atoms with E-state index in [4.69, 9.17) is 22.1 Å². The molecule has 0 atom stereocenters. The molecule has 2 heterocycles. The van der Waals surface area contributed by atoms with Crippen molar-refractivity contribution in [3.8, 4) is 5.75 Å². The van der Waals surface area contributed by atoms with Gasteiger partial charge >= 0.3 is 6.09 Å². The second kappa shape index (κ2) is 3.19. The fourth-order valence-corrected chi connectivity index (χ4v) is 1.28. The molecule has 72 valence electrons. The van der Waals surface area contributed by atoms with Crippen LogP contribution in [0.1, 0.15) is 0 Å². The quantitative estimate of drug-likeness (QED) is 0.704. The normalized spacial score (nSPS) is 10.4. The number of nitrogens with one attached hydrogen (secondary N) is 1. The van der Waals surface area contributed by atoms with Crippen LogP contribution in [0, 0.1) is 0 Å². The molecule has 0 aliphatic heterocycles. The molecule has 0 spiro atoms. The minimum atomic E-state index is -0.882. The summed E-state index contributed by atoms with van der Waals surface area (Å²) in [6.45, 7) is 0. The number of amides is 1. The first-order valence-corrected chi connectivity index (χ1v) is 4.15. The predicted octanol–water partition coefficient (Wildman–Crippen LogP) is 1.67. The van der Waals surface area contributed by atoms with Crippen LogP contribution in [0.25, 0.3) is 11.0 Å². The number of aromatic amines is 1. The average Bonchev–Trinajstić information content (AvgIpc) is 2.47. The Bertz CT molecular complexity index is 494. The Labute approximate surface area is 83.8 Å². The molecular formula is C8H6ClN3O2. The first-order valence-electron chi connectivity index (χ1n) is 3.78. The summed E-state index contributed by atoms with van der Waals surface area (Å²) in [6.07, 6.45) is 0.617. The lowest BCUT2D eigenvalue weighted by Crippen LogP contribution is -2.16. The Kier molecular flexibility index (Phi) is 2.01. The van der Waals surface area contributed by atoms with Crippen LogP contribution in [-0.4, -0.2) is 16.1 Å². The number of carbonyl (C=O) groups is 1. The van der Waals surface area contributed by atoms with Crippen LogP contribution in [0.4, 0.5) is 4.79 Å². The van der Waals surface area contributed by atoms with Crippen molar-refractivity contribution in [2.75, 3.05) is 0 Å². The molecule has 0 bridgehead atoms. The molecule has 0 aliphatic carbocycles. The molecule has 0 saturated carbocycles. The Hall–Kier alpha value is -1.75. The smallest absolute Gasteiger partial charge is 0.407 e. The summed E-state index contributed by atoms with van der Waals surface area (Å²) in [6, 6.07) is 3.37. The van der Waals surface area contributed by atoms with Crippen molar-refractivity contribution in [2.45, 2.75) is 0 Å². The van der Waals surface area contributed by atoms with E-state index in [1.165, 1.54) is 6.20 Å². The molecule has 6 heteroatoms. The summed E-state index contributed by atoms with van der Waals surface area (Å²) in [5.41, 5.74) is 6.09. The summed E-state index contributed by atoms with van der Waals surface area (Å²) in [5.74, 6) is 0.273. The maximum absolute atomic E-state index is 10.5. The summed E-state index contributed by atoms with van der Waals surface area (Å²) < 4.78 is 4.71. The number of aromatic nitrogens is 2. The standard InChI is InChI=1S/C8H6ClN3O2/c9-6-2-1-4-7(12-6)5(3-11-4)14-8(10)13/h1-3,11H,(H2,10,13). The fraction of sp³-hybridized carbons (Fsp3) is 0. The number of rotatable bonds is 1. The third-order valence-electron chi connectivity index (χ3n) is 1.66. The van der Waals surface area contributed by atoms with Gasteiger partial charge in [-0.2, -0.15) is 0 Å². The second-order valence-corrected chi connectivity index (χ2v) is 2.99. The van der Waals surface area contributed by atoms with Crippen LogP contribution in [0.3, 0.4) is 0 Å². The van der Waals surface area contributed by atoms with Gasteiger partial charge in [-0.15, -0.1) is 0 Å². The van der Waals surface area contributed by atoms with Gasteiger partial charge in [0.1, 0.15) is 10.7 Å². The second-order valence-electron chi connectivity index (χ2n) is 2.60. The molecule has 14 heavy (non-hydrogen) atoms. The molecule has 0 radical (unpaired) electrons. The molecule has 0 fully saturated rings. The number of primary amides is 1. The molecule has 1 amide bonds. The number of fused-ring (bicyclic) bond motifs is 1. The maximum Gasteiger partial charge on any atom is 0.410 e. The van der Waals surface area contributed by atoms with E-state index in [-0.39, 0.29) is 5.75 Å². The van der Waals surface area contributed by atoms with Gasteiger partial charge in [0.15, 0.2) is 5.75 Å². The van der Waals surface area contributed by atoms with Gasteiger partial charge in [0.25, 0.3) is 0 Å². The van der Waals surface area contributed by atoms with Gasteiger partial charge in [0, 0.05) is 6.20 Å². The molecule has 0 aromatic carbocycles. The summed E-state index contributed by atoms with van der Waals surface area (Å²) in [5, 5.41) is 0.325. The van der Waals surface area contributed by atoms with E-state index in [9.17, 15) is 4.79 Å². The van der Waals surface area contributed by atoms with Crippen LogP contribution in [0.15, 0.2) is 18.3 Å². The van der Waals surface area contributed by atoms with Gasteiger partial charge < -0.3 is 15.5 Å². The van der Waals surface area contributed by atoms with E-state index in [0.717, 1.165) is 5.52 Å². The maximum atomic E-state index is 10.5. The Morgan fingerprint density at radius 3 is 3.07 bits per heavy atom. The lowest BCUT2D eigenvalue weighted by Gasteiger charge is -1.96. The minimum absolute atomic E-state index is 0.273. The van der Waals surface area contributed by atoms with Gasteiger partial charge in [-0.3, -0.25) is 0 Å². The van der Waals surface area contributed by atoms with E-state index in [1.54, 1.807) is 12.1 Å². The Balaban J connectivity index is 2.55. The first kappa shape index (κ1) is 8.83. The third kappa shape index (κ3) is 1.49. The molecule has 5 nitrogen and oxygen atoms in total. The van der Waals surface area contributed by atoms with Gasteiger partial charge in [-0.25, -0.2) is 9.78 Å². The highest BCUT2D eigenvalue weighted by atomic mass is 35.5. The molecule has 3 N–H and O–H groups in total. The molecule has 0 saturated heterocycles. The monoisotopic (exact) mass is 211 g/mol. The van der Waals surface area contributed by atoms with Crippen molar-refractivity contribution in [3.63, 3.8) is 0 Å². The van der Waals surface area contributed by atoms with Gasteiger partial charge in [0.2, 0.25) is 0 Å². The zero-order chi connectivity index (χ0) is 10.1. The first-order chi connectivity index (χ1) is 6.66. The van der Waals surface area contributed by atoms with E-state index in [0.29, 0.717) is 10.7 Å². The largest absolute Gasteiger partial charge is 0.410 e. The number of nitrogens with zero attached hydrogens (tertiary/aromatic N) is 1. The van der Waals surface area contributed by atoms with E-state index < -0.39 is 6.09 Å². The number of nitrogens with two attached hydrogens (primary N) is 1. The molecular weight excluding hydrogens is 206 g/mol. The zero-order valence-corrected chi connectivity index (χ0v) is 7.71. The minimum Gasteiger partial charge on any atom is -0.407 e. The van der Waals surface area contributed by atoms with Crippen molar-refractivity contribution in [3.05, 3.63) is 23.5 Å². The highest BCUT2D eigenvalue weighted by Gasteiger charge is 2.08. The van der Waals surface area contributed by atoms with Crippen molar-refractivity contribution in [1.82, 2.24) is 9.97 Å². The SMILES string of the molecule is NC(=O)Oc1c[nH]c2ccc(Cl)nc12. The zero-order valence-electron chi connectivity index (χ0n) is 6.95. The van der Waals surface area contributed by atoms with Crippen molar-refractivity contribution in [1.29, 1.82) is 0 Å².